The van der Waals surface area contributed by atoms with Crippen LogP contribution >= 0.6 is 11.3 Å². The number of sulfone groups is 1. The van der Waals surface area contributed by atoms with E-state index in [0.29, 0.717) is 22.7 Å². The number of fused-ring (bicyclic) bond motifs is 1. The Morgan fingerprint density at radius 1 is 1.17 bits per heavy atom. The van der Waals surface area contributed by atoms with E-state index in [2.05, 4.69) is 11.9 Å². The second kappa shape index (κ2) is 8.92. The average molecular weight is 433 g/mol. The highest BCUT2D eigenvalue weighted by molar-refractivity contribution is 7.90. The van der Waals surface area contributed by atoms with Crippen LogP contribution in [0.15, 0.2) is 52.4 Å². The van der Waals surface area contributed by atoms with E-state index >= 15 is 0 Å². The van der Waals surface area contributed by atoms with Crippen molar-refractivity contribution in [2.75, 3.05) is 12.9 Å². The molecule has 1 aromatic heterocycles. The standard InChI is InChI=1S/C21H24N2O4S2/c1-4-5-6-12-27-16-9-7-8-15(13-16)20(24)22-21-23(2)18-11-10-17(29(3,25)26)14-19(18)28-21/h7-11,13-14H,4-6,12H2,1-3H3. The summed E-state index contributed by atoms with van der Waals surface area (Å²) in [5, 5.41) is 0. The number of rotatable bonds is 7. The highest BCUT2D eigenvalue weighted by Gasteiger charge is 2.12. The third-order valence-electron chi connectivity index (χ3n) is 4.50. The Labute approximate surface area is 174 Å². The summed E-state index contributed by atoms with van der Waals surface area (Å²) in [7, 11) is -1.49. The number of nitrogens with zero attached hydrogens (tertiary/aromatic N) is 2. The molecule has 0 aliphatic heterocycles. The zero-order chi connectivity index (χ0) is 21.0. The lowest BCUT2D eigenvalue weighted by Gasteiger charge is -2.06. The number of ether oxygens (including phenoxy) is 1. The Kier molecular flexibility index (Phi) is 6.54. The molecule has 154 valence electrons. The maximum atomic E-state index is 12.7. The van der Waals surface area contributed by atoms with Gasteiger partial charge in [0.05, 0.1) is 21.7 Å². The molecular weight excluding hydrogens is 408 g/mol. The molecule has 6 nitrogen and oxygen atoms in total. The number of unbranched alkanes of at least 4 members (excludes halogenated alkanes) is 2. The number of benzene rings is 2. The molecule has 0 aliphatic carbocycles. The van der Waals surface area contributed by atoms with E-state index in [0.717, 1.165) is 29.5 Å². The van der Waals surface area contributed by atoms with Gasteiger partial charge in [-0.25, -0.2) is 8.42 Å². The number of hydrogen-bond acceptors (Lipinski definition) is 5. The molecule has 1 heterocycles. The van der Waals surface area contributed by atoms with Crippen LogP contribution in [0.1, 0.15) is 36.5 Å². The number of aryl methyl sites for hydroxylation is 1. The van der Waals surface area contributed by atoms with Gasteiger partial charge in [0.2, 0.25) is 0 Å². The first-order chi connectivity index (χ1) is 13.8. The molecule has 0 aliphatic rings. The van der Waals surface area contributed by atoms with Gasteiger partial charge in [-0.2, -0.15) is 4.99 Å². The first kappa shape index (κ1) is 21.3. The van der Waals surface area contributed by atoms with Crippen LogP contribution in [0.2, 0.25) is 0 Å². The molecule has 3 rings (SSSR count). The van der Waals surface area contributed by atoms with Gasteiger partial charge in [-0.15, -0.1) is 0 Å². The normalized spacial score (nSPS) is 12.4. The maximum Gasteiger partial charge on any atom is 0.279 e. The molecule has 0 bridgehead atoms. The number of aromatic nitrogens is 1. The van der Waals surface area contributed by atoms with Crippen molar-refractivity contribution in [3.05, 3.63) is 52.8 Å². The van der Waals surface area contributed by atoms with Gasteiger partial charge >= 0.3 is 0 Å². The molecule has 0 fully saturated rings. The van der Waals surface area contributed by atoms with E-state index in [-0.39, 0.29) is 10.8 Å². The summed E-state index contributed by atoms with van der Waals surface area (Å²) in [5.41, 5.74) is 1.27. The lowest BCUT2D eigenvalue weighted by Crippen LogP contribution is -2.13. The molecule has 0 atom stereocenters. The fraction of sp³-hybridized carbons (Fsp3) is 0.333. The van der Waals surface area contributed by atoms with Crippen molar-refractivity contribution >= 4 is 37.3 Å². The summed E-state index contributed by atoms with van der Waals surface area (Å²) in [6.07, 6.45) is 4.39. The summed E-state index contributed by atoms with van der Waals surface area (Å²) in [4.78, 5) is 17.7. The van der Waals surface area contributed by atoms with Gasteiger partial charge in [-0.3, -0.25) is 4.79 Å². The zero-order valence-electron chi connectivity index (χ0n) is 16.7. The fourth-order valence-corrected chi connectivity index (χ4v) is 4.64. The predicted molar refractivity (Wildman–Crippen MR) is 115 cm³/mol. The minimum Gasteiger partial charge on any atom is -0.494 e. The first-order valence-electron chi connectivity index (χ1n) is 9.41. The summed E-state index contributed by atoms with van der Waals surface area (Å²) in [5.74, 6) is 0.287. The van der Waals surface area contributed by atoms with Crippen molar-refractivity contribution in [2.24, 2.45) is 12.0 Å². The predicted octanol–water partition coefficient (Wildman–Crippen LogP) is 3.95. The van der Waals surface area contributed by atoms with Crippen molar-refractivity contribution in [2.45, 2.75) is 31.1 Å². The molecule has 0 saturated carbocycles. The van der Waals surface area contributed by atoms with Crippen molar-refractivity contribution in [3.63, 3.8) is 0 Å². The quantitative estimate of drug-likeness (QED) is 0.530. The number of thiazole rings is 1. The molecule has 1 amide bonds. The average Bonchev–Trinajstić information content (AvgIpc) is 3.00. The molecule has 3 aromatic rings. The summed E-state index contributed by atoms with van der Waals surface area (Å²) in [6.45, 7) is 2.76. The van der Waals surface area contributed by atoms with Crippen LogP contribution in [0.3, 0.4) is 0 Å². The number of carbonyl (C=O) groups excluding carboxylic acids is 1. The Hall–Kier alpha value is -2.45. The van der Waals surface area contributed by atoms with Crippen LogP contribution in [0, 0.1) is 0 Å². The minimum absolute atomic E-state index is 0.248. The lowest BCUT2D eigenvalue weighted by molar-refractivity contribution is 0.0997. The largest absolute Gasteiger partial charge is 0.494 e. The SMILES string of the molecule is CCCCCOc1cccc(C(=O)N=c2sc3cc(S(C)(=O)=O)ccc3n2C)c1. The van der Waals surface area contributed by atoms with E-state index in [1.54, 1.807) is 48.0 Å². The van der Waals surface area contributed by atoms with Gasteiger partial charge in [0.15, 0.2) is 14.6 Å². The van der Waals surface area contributed by atoms with Crippen LogP contribution in [-0.2, 0) is 16.9 Å². The molecule has 2 aromatic carbocycles. The first-order valence-corrected chi connectivity index (χ1v) is 12.1. The molecule has 0 N–H and O–H groups in total. The van der Waals surface area contributed by atoms with Gasteiger partial charge in [-0.1, -0.05) is 37.2 Å². The molecule has 0 unspecified atom stereocenters. The van der Waals surface area contributed by atoms with Crippen molar-refractivity contribution in [1.82, 2.24) is 4.57 Å². The summed E-state index contributed by atoms with van der Waals surface area (Å²) < 4.78 is 31.8. The smallest absolute Gasteiger partial charge is 0.279 e. The Morgan fingerprint density at radius 2 is 1.97 bits per heavy atom. The van der Waals surface area contributed by atoms with Gasteiger partial charge in [0.1, 0.15) is 5.75 Å². The summed E-state index contributed by atoms with van der Waals surface area (Å²) >= 11 is 1.28. The molecule has 0 radical (unpaired) electrons. The van der Waals surface area contributed by atoms with Crippen molar-refractivity contribution < 1.29 is 17.9 Å². The van der Waals surface area contributed by atoms with E-state index in [4.69, 9.17) is 4.74 Å². The van der Waals surface area contributed by atoms with Gasteiger partial charge in [0, 0.05) is 18.9 Å². The molecular formula is C21H24N2O4S2. The Balaban J connectivity index is 1.89. The van der Waals surface area contributed by atoms with Gasteiger partial charge in [0.25, 0.3) is 5.91 Å². The number of amides is 1. The minimum atomic E-state index is -3.29. The van der Waals surface area contributed by atoms with E-state index in [9.17, 15) is 13.2 Å². The Bertz CT molecular complexity index is 1210. The molecule has 0 spiro atoms. The molecule has 0 saturated heterocycles. The highest BCUT2D eigenvalue weighted by atomic mass is 32.2. The topological polar surface area (TPSA) is 77.7 Å². The fourth-order valence-electron chi connectivity index (χ4n) is 2.86. The van der Waals surface area contributed by atoms with Gasteiger partial charge in [-0.05, 0) is 42.8 Å². The Morgan fingerprint density at radius 3 is 2.69 bits per heavy atom. The highest BCUT2D eigenvalue weighted by Crippen LogP contribution is 2.21. The van der Waals surface area contributed by atoms with Gasteiger partial charge < -0.3 is 9.30 Å². The summed E-state index contributed by atoms with van der Waals surface area (Å²) in [6, 6.07) is 11.9. The van der Waals surface area contributed by atoms with E-state index < -0.39 is 9.84 Å². The second-order valence-electron chi connectivity index (χ2n) is 6.85. The van der Waals surface area contributed by atoms with Crippen LogP contribution in [0.4, 0.5) is 0 Å². The van der Waals surface area contributed by atoms with Crippen LogP contribution in [0.5, 0.6) is 5.75 Å². The third-order valence-corrected chi connectivity index (χ3v) is 6.71. The van der Waals surface area contributed by atoms with Crippen molar-refractivity contribution in [1.29, 1.82) is 0 Å². The third kappa shape index (κ3) is 5.13. The van der Waals surface area contributed by atoms with Crippen LogP contribution in [-0.4, -0.2) is 31.8 Å². The lowest BCUT2D eigenvalue weighted by atomic mass is 10.2. The van der Waals surface area contributed by atoms with E-state index in [1.807, 2.05) is 6.07 Å². The van der Waals surface area contributed by atoms with Crippen molar-refractivity contribution in [3.8, 4) is 5.75 Å². The zero-order valence-corrected chi connectivity index (χ0v) is 18.3. The molecule has 29 heavy (non-hydrogen) atoms. The monoisotopic (exact) mass is 432 g/mol. The maximum absolute atomic E-state index is 12.7. The second-order valence-corrected chi connectivity index (χ2v) is 9.87. The number of hydrogen-bond donors (Lipinski definition) is 0. The van der Waals surface area contributed by atoms with Crippen LogP contribution in [0.25, 0.3) is 10.2 Å². The van der Waals surface area contributed by atoms with E-state index in [1.165, 1.54) is 17.6 Å². The van der Waals surface area contributed by atoms with Crippen LogP contribution < -0.4 is 9.54 Å². The number of carbonyl (C=O) groups is 1. The molecule has 8 heteroatoms.